The molecule has 0 atom stereocenters. The van der Waals surface area contributed by atoms with Crippen LogP contribution in [0.4, 0.5) is 8.78 Å². The third-order valence-electron chi connectivity index (χ3n) is 2.46. The van der Waals surface area contributed by atoms with Gasteiger partial charge in [0, 0.05) is 12.6 Å². The number of ether oxygens (including phenoxy) is 2. The molecule has 0 aromatic heterocycles. The van der Waals surface area contributed by atoms with Crippen LogP contribution in [0.3, 0.4) is 0 Å². The van der Waals surface area contributed by atoms with Crippen LogP contribution in [0, 0.1) is 11.6 Å². The molecule has 0 fully saturated rings. The minimum atomic E-state index is -0.572. The molecule has 4 nitrogen and oxygen atoms in total. The van der Waals surface area contributed by atoms with Crippen LogP contribution in [-0.4, -0.2) is 38.9 Å². The maximum atomic E-state index is 12.9. The molecule has 112 valence electrons. The number of hydrogen-bond donors (Lipinski definition) is 1. The molecule has 20 heavy (non-hydrogen) atoms. The van der Waals surface area contributed by atoms with Crippen molar-refractivity contribution in [2.75, 3.05) is 32.9 Å². The van der Waals surface area contributed by atoms with Crippen molar-refractivity contribution in [3.8, 4) is 0 Å². The second kappa shape index (κ2) is 9.39. The first-order valence-corrected chi connectivity index (χ1v) is 6.51. The zero-order chi connectivity index (χ0) is 14.8. The molecule has 0 spiro atoms. The van der Waals surface area contributed by atoms with Crippen molar-refractivity contribution >= 4 is 5.97 Å². The molecular formula is C14H19F2NO3. The van der Waals surface area contributed by atoms with Crippen molar-refractivity contribution in [2.24, 2.45) is 0 Å². The third kappa shape index (κ3) is 7.16. The Morgan fingerprint density at radius 3 is 2.55 bits per heavy atom. The minimum absolute atomic E-state index is 0.0649. The Labute approximate surface area is 117 Å². The molecule has 1 aromatic rings. The van der Waals surface area contributed by atoms with Crippen molar-refractivity contribution in [1.29, 1.82) is 0 Å². The molecule has 0 saturated carbocycles. The number of hydrogen-bond acceptors (Lipinski definition) is 4. The van der Waals surface area contributed by atoms with E-state index in [-0.39, 0.29) is 12.6 Å². The second-order valence-corrected chi connectivity index (χ2v) is 4.14. The van der Waals surface area contributed by atoms with Crippen LogP contribution in [0.2, 0.25) is 0 Å². The Hall–Kier alpha value is -1.53. The van der Waals surface area contributed by atoms with Gasteiger partial charge in [0.15, 0.2) is 0 Å². The van der Waals surface area contributed by atoms with E-state index in [1.807, 2.05) is 0 Å². The highest BCUT2D eigenvalue weighted by Gasteiger charge is 2.01. The summed E-state index contributed by atoms with van der Waals surface area (Å²) in [5, 5.41) is 3.06. The maximum Gasteiger partial charge on any atom is 0.332 e. The predicted molar refractivity (Wildman–Crippen MR) is 70.4 cm³/mol. The molecule has 0 bridgehead atoms. The van der Waals surface area contributed by atoms with Crippen molar-refractivity contribution in [2.45, 2.75) is 13.3 Å². The molecule has 0 aliphatic heterocycles. The molecule has 1 N–H and O–H groups in total. The number of benzene rings is 1. The highest BCUT2D eigenvalue weighted by molar-refractivity contribution is 5.70. The zero-order valence-electron chi connectivity index (χ0n) is 11.5. The molecule has 0 aliphatic rings. The van der Waals surface area contributed by atoms with Crippen LogP contribution < -0.4 is 5.32 Å². The molecule has 1 aromatic carbocycles. The Morgan fingerprint density at radius 1 is 1.20 bits per heavy atom. The van der Waals surface area contributed by atoms with Gasteiger partial charge in [0.05, 0.1) is 13.2 Å². The van der Waals surface area contributed by atoms with Gasteiger partial charge in [0.2, 0.25) is 0 Å². The summed E-state index contributed by atoms with van der Waals surface area (Å²) < 4.78 is 35.6. The number of rotatable bonds is 9. The van der Waals surface area contributed by atoms with E-state index in [1.54, 1.807) is 6.92 Å². The van der Waals surface area contributed by atoms with Crippen molar-refractivity contribution in [3.63, 3.8) is 0 Å². The van der Waals surface area contributed by atoms with Gasteiger partial charge in [-0.3, -0.25) is 0 Å². The number of carbonyl (C=O) groups is 1. The standard InChI is InChI=1S/C14H19F2NO3/c1-2-20-14(18)10-19-6-5-17-4-3-11-7-12(15)9-13(16)8-11/h7-9,17H,2-6,10H2,1H3. The number of esters is 1. The smallest absolute Gasteiger partial charge is 0.332 e. The zero-order valence-corrected chi connectivity index (χ0v) is 11.5. The van der Waals surface area contributed by atoms with Crippen molar-refractivity contribution < 1.29 is 23.0 Å². The second-order valence-electron chi connectivity index (χ2n) is 4.14. The summed E-state index contributed by atoms with van der Waals surface area (Å²) in [7, 11) is 0. The van der Waals surface area contributed by atoms with Crippen LogP contribution in [0.15, 0.2) is 18.2 Å². The van der Waals surface area contributed by atoms with Gasteiger partial charge in [-0.05, 0) is 37.6 Å². The van der Waals surface area contributed by atoms with Crippen LogP contribution in [-0.2, 0) is 20.7 Å². The largest absolute Gasteiger partial charge is 0.464 e. The maximum absolute atomic E-state index is 12.9. The monoisotopic (exact) mass is 287 g/mol. The van der Waals surface area contributed by atoms with E-state index in [4.69, 9.17) is 9.47 Å². The Morgan fingerprint density at radius 2 is 1.90 bits per heavy atom. The molecule has 1 rings (SSSR count). The molecule has 0 saturated heterocycles. The highest BCUT2D eigenvalue weighted by atomic mass is 19.1. The summed E-state index contributed by atoms with van der Waals surface area (Å²) in [6.45, 7) is 3.50. The molecule has 0 amide bonds. The van der Waals surface area contributed by atoms with Crippen LogP contribution in [0.5, 0.6) is 0 Å². The SMILES string of the molecule is CCOC(=O)COCCNCCc1cc(F)cc(F)c1. The first kappa shape index (κ1) is 16.5. The van der Waals surface area contributed by atoms with E-state index in [0.717, 1.165) is 6.07 Å². The number of carbonyl (C=O) groups excluding carboxylic acids is 1. The van der Waals surface area contributed by atoms with Gasteiger partial charge in [0.1, 0.15) is 18.2 Å². The lowest BCUT2D eigenvalue weighted by Crippen LogP contribution is -2.24. The van der Waals surface area contributed by atoms with Gasteiger partial charge >= 0.3 is 5.97 Å². The Kier molecular flexibility index (Phi) is 7.75. The predicted octanol–water partition coefficient (Wildman–Crippen LogP) is 1.68. The summed E-state index contributed by atoms with van der Waals surface area (Å²) >= 11 is 0. The molecule has 6 heteroatoms. The Bertz CT molecular complexity index is 407. The van der Waals surface area contributed by atoms with Crippen molar-refractivity contribution in [1.82, 2.24) is 5.32 Å². The minimum Gasteiger partial charge on any atom is -0.464 e. The summed E-state index contributed by atoms with van der Waals surface area (Å²) in [6, 6.07) is 3.46. The van der Waals surface area contributed by atoms with Gasteiger partial charge in [0.25, 0.3) is 0 Å². The highest BCUT2D eigenvalue weighted by Crippen LogP contribution is 2.07. The number of halogens is 2. The lowest BCUT2D eigenvalue weighted by atomic mass is 10.1. The van der Waals surface area contributed by atoms with E-state index in [2.05, 4.69) is 5.32 Å². The average Bonchev–Trinajstić information content (AvgIpc) is 2.36. The van der Waals surface area contributed by atoms with E-state index in [0.29, 0.717) is 38.3 Å². The van der Waals surface area contributed by atoms with E-state index >= 15 is 0 Å². The molecule has 0 aliphatic carbocycles. The fraction of sp³-hybridized carbons (Fsp3) is 0.500. The van der Waals surface area contributed by atoms with Crippen LogP contribution in [0.1, 0.15) is 12.5 Å². The topological polar surface area (TPSA) is 47.6 Å². The average molecular weight is 287 g/mol. The molecule has 0 heterocycles. The third-order valence-corrected chi connectivity index (χ3v) is 2.46. The summed E-state index contributed by atoms with van der Waals surface area (Å²) in [5.41, 5.74) is 0.599. The number of nitrogens with one attached hydrogen (secondary N) is 1. The lowest BCUT2D eigenvalue weighted by molar-refractivity contribution is -0.148. The van der Waals surface area contributed by atoms with E-state index in [9.17, 15) is 13.6 Å². The fourth-order valence-electron chi connectivity index (χ4n) is 1.62. The van der Waals surface area contributed by atoms with Gasteiger partial charge < -0.3 is 14.8 Å². The molecule has 0 radical (unpaired) electrons. The first-order valence-electron chi connectivity index (χ1n) is 6.51. The first-order chi connectivity index (χ1) is 9.61. The van der Waals surface area contributed by atoms with E-state index in [1.165, 1.54) is 12.1 Å². The van der Waals surface area contributed by atoms with Crippen LogP contribution in [0.25, 0.3) is 0 Å². The van der Waals surface area contributed by atoms with Gasteiger partial charge in [-0.1, -0.05) is 0 Å². The van der Waals surface area contributed by atoms with Gasteiger partial charge in [-0.25, -0.2) is 13.6 Å². The summed E-state index contributed by atoms with van der Waals surface area (Å²) in [6.07, 6.45) is 0.520. The van der Waals surface area contributed by atoms with Crippen LogP contribution >= 0.6 is 0 Å². The Balaban J connectivity index is 2.06. The fourth-order valence-corrected chi connectivity index (χ4v) is 1.62. The molecular weight excluding hydrogens is 268 g/mol. The van der Waals surface area contributed by atoms with Gasteiger partial charge in [-0.2, -0.15) is 0 Å². The van der Waals surface area contributed by atoms with Gasteiger partial charge in [-0.15, -0.1) is 0 Å². The summed E-state index contributed by atoms with van der Waals surface area (Å²) in [4.78, 5) is 10.9. The van der Waals surface area contributed by atoms with E-state index < -0.39 is 11.6 Å². The lowest BCUT2D eigenvalue weighted by Gasteiger charge is -2.06. The normalized spacial score (nSPS) is 10.6. The summed E-state index contributed by atoms with van der Waals surface area (Å²) in [5.74, 6) is -1.53. The van der Waals surface area contributed by atoms with Crippen molar-refractivity contribution in [3.05, 3.63) is 35.4 Å². The quantitative estimate of drug-likeness (QED) is 0.554. The molecule has 0 unspecified atom stereocenters.